The van der Waals surface area contributed by atoms with Crippen LogP contribution in [0.2, 0.25) is 0 Å². The summed E-state index contributed by atoms with van der Waals surface area (Å²) in [6.45, 7) is 1.91. The first kappa shape index (κ1) is 18.2. The van der Waals surface area contributed by atoms with Crippen LogP contribution in [0.1, 0.15) is 36.1 Å². The minimum absolute atomic E-state index is 0. The Morgan fingerprint density at radius 1 is 1.22 bits per heavy atom. The van der Waals surface area contributed by atoms with Crippen LogP contribution in [0, 0.1) is 5.82 Å². The molecule has 1 fully saturated rings. The number of aromatic nitrogens is 1. The van der Waals surface area contributed by atoms with Crippen LogP contribution in [0.15, 0.2) is 30.5 Å². The van der Waals surface area contributed by atoms with Gasteiger partial charge in [-0.05, 0) is 37.0 Å². The Balaban J connectivity index is 0.00000192. The Morgan fingerprint density at radius 3 is 2.52 bits per heavy atom. The number of hydrogen-bond donors (Lipinski definition) is 1. The summed E-state index contributed by atoms with van der Waals surface area (Å²) in [4.78, 5) is 7.92. The van der Waals surface area contributed by atoms with Gasteiger partial charge >= 0.3 is 0 Å². The van der Waals surface area contributed by atoms with Crippen LogP contribution in [0.3, 0.4) is 0 Å². The maximum atomic E-state index is 13.0. The zero-order chi connectivity index (χ0) is 15.4. The molecule has 0 bridgehead atoms. The van der Waals surface area contributed by atoms with Gasteiger partial charge in [0.05, 0.1) is 0 Å². The standard InChI is InChI=1S/C17H22FN3S.ClH/c18-14-7-5-13(6-8-14)9-10-21(15-3-1-2-4-15)12-16-11-20-17(19)22-16;/h5-8,11,15H,1-4,9-10,12H2,(H2,19,20);1H. The van der Waals surface area contributed by atoms with Gasteiger partial charge in [-0.1, -0.05) is 25.0 Å². The Kier molecular flexibility index (Phi) is 6.81. The zero-order valence-corrected chi connectivity index (χ0v) is 14.7. The molecule has 3 rings (SSSR count). The van der Waals surface area contributed by atoms with Crippen LogP contribution in [-0.2, 0) is 13.0 Å². The third-order valence-corrected chi connectivity index (χ3v) is 5.18. The van der Waals surface area contributed by atoms with E-state index < -0.39 is 0 Å². The van der Waals surface area contributed by atoms with E-state index in [2.05, 4.69) is 9.88 Å². The molecule has 0 saturated heterocycles. The third-order valence-electron chi connectivity index (χ3n) is 4.37. The fourth-order valence-electron chi connectivity index (χ4n) is 3.18. The van der Waals surface area contributed by atoms with Crippen LogP contribution >= 0.6 is 23.7 Å². The molecule has 1 aromatic carbocycles. The Bertz CT molecular complexity index is 596. The van der Waals surface area contributed by atoms with Gasteiger partial charge in [-0.3, -0.25) is 4.90 Å². The molecule has 0 spiro atoms. The van der Waals surface area contributed by atoms with E-state index in [1.165, 1.54) is 36.1 Å². The Labute approximate surface area is 147 Å². The van der Waals surface area contributed by atoms with E-state index in [-0.39, 0.29) is 18.2 Å². The number of nitrogens with zero attached hydrogens (tertiary/aromatic N) is 2. The highest BCUT2D eigenvalue weighted by Gasteiger charge is 2.23. The lowest BCUT2D eigenvalue weighted by Crippen LogP contribution is -2.34. The average molecular weight is 356 g/mol. The fourth-order valence-corrected chi connectivity index (χ4v) is 3.89. The van der Waals surface area contributed by atoms with E-state index in [1.54, 1.807) is 23.5 Å². The Morgan fingerprint density at radius 2 is 1.91 bits per heavy atom. The SMILES string of the molecule is Cl.Nc1ncc(CN(CCc2ccc(F)cc2)C2CCCC2)s1. The number of halogens is 2. The largest absolute Gasteiger partial charge is 0.375 e. The van der Waals surface area contributed by atoms with Crippen LogP contribution in [0.5, 0.6) is 0 Å². The summed E-state index contributed by atoms with van der Waals surface area (Å²) in [5.74, 6) is -0.170. The van der Waals surface area contributed by atoms with E-state index in [0.717, 1.165) is 19.5 Å². The molecular weight excluding hydrogens is 333 g/mol. The van der Waals surface area contributed by atoms with E-state index in [1.807, 2.05) is 18.3 Å². The van der Waals surface area contributed by atoms with Gasteiger partial charge in [-0.25, -0.2) is 9.37 Å². The molecule has 3 nitrogen and oxygen atoms in total. The summed E-state index contributed by atoms with van der Waals surface area (Å²) in [5.41, 5.74) is 6.93. The van der Waals surface area contributed by atoms with Gasteiger partial charge in [0, 0.05) is 30.2 Å². The average Bonchev–Trinajstić information content (AvgIpc) is 3.17. The van der Waals surface area contributed by atoms with Gasteiger partial charge in [0.25, 0.3) is 0 Å². The van der Waals surface area contributed by atoms with Crippen molar-refractivity contribution < 1.29 is 4.39 Å². The lowest BCUT2D eigenvalue weighted by atomic mass is 10.1. The van der Waals surface area contributed by atoms with Crippen LogP contribution in [-0.4, -0.2) is 22.5 Å². The van der Waals surface area contributed by atoms with Crippen molar-refractivity contribution >= 4 is 28.9 Å². The second kappa shape index (κ2) is 8.62. The summed E-state index contributed by atoms with van der Waals surface area (Å²) in [7, 11) is 0. The van der Waals surface area contributed by atoms with E-state index >= 15 is 0 Å². The molecule has 23 heavy (non-hydrogen) atoms. The normalized spacial score (nSPS) is 15.0. The first-order chi connectivity index (χ1) is 10.7. The molecule has 1 aliphatic carbocycles. The second-order valence-electron chi connectivity index (χ2n) is 5.95. The van der Waals surface area contributed by atoms with Crippen molar-refractivity contribution in [3.05, 3.63) is 46.7 Å². The highest BCUT2D eigenvalue weighted by molar-refractivity contribution is 7.15. The predicted molar refractivity (Wildman–Crippen MR) is 96.5 cm³/mol. The first-order valence-electron chi connectivity index (χ1n) is 7.89. The van der Waals surface area contributed by atoms with Crippen molar-refractivity contribution in [2.45, 2.75) is 44.7 Å². The van der Waals surface area contributed by atoms with E-state index in [9.17, 15) is 4.39 Å². The molecule has 1 heterocycles. The molecule has 1 aliphatic rings. The topological polar surface area (TPSA) is 42.1 Å². The molecule has 0 aliphatic heterocycles. The number of hydrogen-bond acceptors (Lipinski definition) is 4. The quantitative estimate of drug-likeness (QED) is 0.841. The molecule has 2 N–H and O–H groups in total. The Hall–Kier alpha value is -1.17. The number of rotatable bonds is 6. The molecule has 0 atom stereocenters. The molecular formula is C17H23ClFN3S. The van der Waals surface area contributed by atoms with Crippen molar-refractivity contribution in [2.24, 2.45) is 0 Å². The smallest absolute Gasteiger partial charge is 0.180 e. The molecule has 2 aromatic rings. The molecule has 1 aromatic heterocycles. The number of nitrogens with two attached hydrogens (primary N) is 1. The molecule has 1 saturated carbocycles. The monoisotopic (exact) mass is 355 g/mol. The predicted octanol–water partition coefficient (Wildman–Crippen LogP) is 4.27. The molecule has 0 amide bonds. The number of benzene rings is 1. The maximum absolute atomic E-state index is 13.0. The van der Waals surface area contributed by atoms with Gasteiger partial charge in [0.1, 0.15) is 5.82 Å². The van der Waals surface area contributed by atoms with Gasteiger partial charge in [0.15, 0.2) is 5.13 Å². The zero-order valence-electron chi connectivity index (χ0n) is 13.1. The van der Waals surface area contributed by atoms with Gasteiger partial charge in [-0.2, -0.15) is 0 Å². The molecule has 0 unspecified atom stereocenters. The van der Waals surface area contributed by atoms with E-state index in [0.29, 0.717) is 11.2 Å². The van der Waals surface area contributed by atoms with Crippen LogP contribution < -0.4 is 5.73 Å². The lowest BCUT2D eigenvalue weighted by Gasteiger charge is -2.28. The highest BCUT2D eigenvalue weighted by Crippen LogP contribution is 2.26. The highest BCUT2D eigenvalue weighted by atomic mass is 35.5. The molecule has 6 heteroatoms. The van der Waals surface area contributed by atoms with Gasteiger partial charge in [0.2, 0.25) is 0 Å². The summed E-state index contributed by atoms with van der Waals surface area (Å²) in [6, 6.07) is 7.50. The maximum Gasteiger partial charge on any atom is 0.180 e. The van der Waals surface area contributed by atoms with Crippen molar-refractivity contribution in [1.29, 1.82) is 0 Å². The van der Waals surface area contributed by atoms with Crippen LogP contribution in [0.25, 0.3) is 0 Å². The van der Waals surface area contributed by atoms with Crippen molar-refractivity contribution in [3.8, 4) is 0 Å². The number of anilines is 1. The third kappa shape index (κ3) is 5.16. The second-order valence-corrected chi connectivity index (χ2v) is 7.10. The molecule has 0 radical (unpaired) electrons. The van der Waals surface area contributed by atoms with Crippen LogP contribution in [0.4, 0.5) is 9.52 Å². The molecule has 126 valence electrons. The van der Waals surface area contributed by atoms with Crippen molar-refractivity contribution in [1.82, 2.24) is 9.88 Å². The summed E-state index contributed by atoms with van der Waals surface area (Å²) in [6.07, 6.45) is 8.03. The van der Waals surface area contributed by atoms with Gasteiger partial charge in [-0.15, -0.1) is 23.7 Å². The van der Waals surface area contributed by atoms with E-state index in [4.69, 9.17) is 5.73 Å². The number of nitrogen functional groups attached to an aromatic ring is 1. The fraction of sp³-hybridized carbons (Fsp3) is 0.471. The van der Waals surface area contributed by atoms with Gasteiger partial charge < -0.3 is 5.73 Å². The lowest BCUT2D eigenvalue weighted by molar-refractivity contribution is 0.193. The summed E-state index contributed by atoms with van der Waals surface area (Å²) < 4.78 is 13.0. The first-order valence-corrected chi connectivity index (χ1v) is 8.71. The minimum atomic E-state index is -0.170. The summed E-state index contributed by atoms with van der Waals surface area (Å²) in [5, 5.41) is 0.639. The van der Waals surface area contributed by atoms with Crippen molar-refractivity contribution in [2.75, 3.05) is 12.3 Å². The minimum Gasteiger partial charge on any atom is -0.375 e. The summed E-state index contributed by atoms with van der Waals surface area (Å²) >= 11 is 1.57. The van der Waals surface area contributed by atoms with Crippen molar-refractivity contribution in [3.63, 3.8) is 0 Å². The number of thiazole rings is 1.